The molecule has 68 heavy (non-hydrogen) atoms. The highest BCUT2D eigenvalue weighted by atomic mass is 16.6. The number of carboxylic acid groups (broad SMARTS) is 1. The van der Waals surface area contributed by atoms with Gasteiger partial charge in [-0.1, -0.05) is 231 Å². The van der Waals surface area contributed by atoms with Crippen molar-refractivity contribution in [2.45, 2.75) is 29.2 Å². The van der Waals surface area contributed by atoms with Crippen molar-refractivity contribution in [1.29, 1.82) is 0 Å². The van der Waals surface area contributed by atoms with E-state index < -0.39 is 54.5 Å². The van der Waals surface area contributed by atoms with Crippen LogP contribution in [-0.4, -0.2) is 55.0 Å². The summed E-state index contributed by atoms with van der Waals surface area (Å²) in [4.78, 5) is 42.3. The number of aliphatic carboxylic acids is 1. The Balaban J connectivity index is 1.04. The van der Waals surface area contributed by atoms with Gasteiger partial charge >= 0.3 is 12.1 Å². The molecule has 2 amide bonds. The number of carboxylic acids is 1. The molecule has 0 unspecified atom stereocenters. The smallest absolute Gasteiger partial charge is 0.407 e. The molecule has 0 radical (unpaired) electrons. The fourth-order valence-corrected chi connectivity index (χ4v) is 9.37. The maximum absolute atomic E-state index is 14.9. The summed E-state index contributed by atoms with van der Waals surface area (Å²) in [6.45, 7) is -0.868. The number of benzene rings is 8. The van der Waals surface area contributed by atoms with Crippen LogP contribution in [0.2, 0.25) is 0 Å². The molecular formula is C59H50N2O7. The van der Waals surface area contributed by atoms with Crippen molar-refractivity contribution in [2.75, 3.05) is 19.8 Å². The minimum Gasteiger partial charge on any atom is -0.480 e. The van der Waals surface area contributed by atoms with Gasteiger partial charge in [0.15, 0.2) is 6.04 Å². The average Bonchev–Trinajstić information content (AvgIpc) is 3.72. The lowest BCUT2D eigenvalue weighted by Gasteiger charge is -2.37. The molecule has 8 aromatic carbocycles. The summed E-state index contributed by atoms with van der Waals surface area (Å²) in [5.74, 6) is -2.40. The minimum absolute atomic E-state index is 0.0107. The van der Waals surface area contributed by atoms with E-state index in [2.05, 4.69) is 22.8 Å². The number of ether oxygens (including phenoxy) is 3. The van der Waals surface area contributed by atoms with Crippen LogP contribution in [0, 0.1) is 0 Å². The quantitative estimate of drug-likeness (QED) is 0.0733. The van der Waals surface area contributed by atoms with Crippen LogP contribution in [-0.2, 0) is 35.0 Å². The van der Waals surface area contributed by atoms with Crippen LogP contribution in [0.25, 0.3) is 11.1 Å². The summed E-state index contributed by atoms with van der Waals surface area (Å²) in [6, 6.07) is 70.6. The lowest BCUT2D eigenvalue weighted by atomic mass is 9.80. The summed E-state index contributed by atoms with van der Waals surface area (Å²) >= 11 is 0. The van der Waals surface area contributed by atoms with Crippen molar-refractivity contribution < 1.29 is 33.7 Å². The van der Waals surface area contributed by atoms with Crippen molar-refractivity contribution in [1.82, 2.24) is 10.6 Å². The molecule has 3 N–H and O–H groups in total. The number of nitrogens with one attached hydrogen (secondary N) is 2. The number of carbonyl (C=O) groups excluding carboxylic acids is 2. The van der Waals surface area contributed by atoms with Gasteiger partial charge in [0.2, 0.25) is 5.91 Å². The highest BCUT2D eigenvalue weighted by Crippen LogP contribution is 2.45. The van der Waals surface area contributed by atoms with Crippen LogP contribution >= 0.6 is 0 Å². The second-order valence-electron chi connectivity index (χ2n) is 16.6. The Hall–Kier alpha value is -8.11. The van der Waals surface area contributed by atoms with Crippen molar-refractivity contribution in [2.24, 2.45) is 0 Å². The molecule has 8 aromatic rings. The molecule has 9 nitrogen and oxygen atoms in total. The molecule has 0 saturated carbocycles. The molecule has 0 aliphatic heterocycles. The van der Waals surface area contributed by atoms with Gasteiger partial charge in [-0.3, -0.25) is 4.79 Å². The fourth-order valence-electron chi connectivity index (χ4n) is 9.37. The van der Waals surface area contributed by atoms with Gasteiger partial charge in [0, 0.05) is 5.92 Å². The number of amides is 2. The molecule has 0 spiro atoms. The van der Waals surface area contributed by atoms with E-state index in [1.165, 1.54) is 0 Å². The molecule has 0 saturated heterocycles. The first-order valence-corrected chi connectivity index (χ1v) is 22.6. The van der Waals surface area contributed by atoms with E-state index in [1.807, 2.05) is 218 Å². The molecule has 1 aliphatic carbocycles. The van der Waals surface area contributed by atoms with E-state index in [4.69, 9.17) is 14.2 Å². The predicted octanol–water partition coefficient (Wildman–Crippen LogP) is 10.5. The number of carbonyl (C=O) groups is 3. The lowest BCUT2D eigenvalue weighted by Crippen LogP contribution is -2.56. The van der Waals surface area contributed by atoms with Crippen LogP contribution in [0.1, 0.15) is 50.4 Å². The first kappa shape index (κ1) is 45.1. The molecule has 0 bridgehead atoms. The van der Waals surface area contributed by atoms with Crippen LogP contribution in [0.4, 0.5) is 4.79 Å². The first-order chi connectivity index (χ1) is 33.4. The maximum Gasteiger partial charge on any atom is 0.407 e. The molecular weight excluding hydrogens is 849 g/mol. The zero-order valence-corrected chi connectivity index (χ0v) is 37.2. The Kier molecular flexibility index (Phi) is 13.6. The second-order valence-corrected chi connectivity index (χ2v) is 16.6. The van der Waals surface area contributed by atoms with Crippen LogP contribution in [0.3, 0.4) is 0 Å². The molecule has 0 fully saturated rings. The monoisotopic (exact) mass is 898 g/mol. The number of alkyl carbamates (subject to hydrolysis) is 1. The Morgan fingerprint density at radius 3 is 1.07 bits per heavy atom. The third-order valence-electron chi connectivity index (χ3n) is 12.6. The summed E-state index contributed by atoms with van der Waals surface area (Å²) < 4.78 is 19.9. The Morgan fingerprint density at radius 2 is 0.735 bits per heavy atom. The normalized spacial score (nSPS) is 13.1. The van der Waals surface area contributed by atoms with Gasteiger partial charge in [0.1, 0.15) is 23.9 Å². The first-order valence-electron chi connectivity index (χ1n) is 22.6. The number of fused-ring (bicyclic) bond motifs is 3. The Labute approximate surface area is 396 Å². The van der Waals surface area contributed by atoms with Crippen molar-refractivity contribution in [3.8, 4) is 11.1 Å². The summed E-state index contributed by atoms with van der Waals surface area (Å²) in [7, 11) is 0. The fraction of sp³-hybridized carbons (Fsp3) is 0.136. The van der Waals surface area contributed by atoms with Crippen LogP contribution in [0.15, 0.2) is 231 Å². The van der Waals surface area contributed by atoms with Crippen LogP contribution in [0.5, 0.6) is 0 Å². The van der Waals surface area contributed by atoms with Crippen LogP contribution < -0.4 is 10.6 Å². The third kappa shape index (κ3) is 9.18. The van der Waals surface area contributed by atoms with E-state index in [0.717, 1.165) is 55.6 Å². The summed E-state index contributed by atoms with van der Waals surface area (Å²) in [6.07, 6.45) is -0.875. The standard InChI is InChI=1S/C59H50N2O7/c62-55(60-54(56(63)64)41-68-59(45-29-13-4-14-30-45,46-31-15-5-16-32-46)47-33-17-6-18-34-47)53(61-57(65)66-39-52-50-37-21-19-35-48(50)49-36-20-22-38-51(49)52)40-67-58(42-23-7-1-8-24-42,43-25-9-2-10-26-43)44-27-11-3-12-28-44/h1-38,52-54H,39-41H2,(H,60,62)(H,61,65)(H,63,64)/t53-,54-/m0/s1. The van der Waals surface area contributed by atoms with Gasteiger partial charge in [-0.05, 0) is 55.6 Å². The zero-order chi connectivity index (χ0) is 46.8. The zero-order valence-electron chi connectivity index (χ0n) is 37.2. The number of hydrogen-bond donors (Lipinski definition) is 3. The van der Waals surface area contributed by atoms with E-state index >= 15 is 0 Å². The van der Waals surface area contributed by atoms with Crippen molar-refractivity contribution in [3.05, 3.63) is 275 Å². The molecule has 0 heterocycles. The Bertz CT molecular complexity index is 2700. The lowest BCUT2D eigenvalue weighted by molar-refractivity contribution is -0.145. The van der Waals surface area contributed by atoms with Crippen molar-refractivity contribution >= 4 is 18.0 Å². The molecule has 338 valence electrons. The highest BCUT2D eigenvalue weighted by molar-refractivity contribution is 5.89. The van der Waals surface area contributed by atoms with Gasteiger partial charge in [0.05, 0.1) is 13.2 Å². The van der Waals surface area contributed by atoms with Gasteiger partial charge in [-0.15, -0.1) is 0 Å². The molecule has 0 aromatic heterocycles. The molecule has 9 heteroatoms. The highest BCUT2D eigenvalue weighted by Gasteiger charge is 2.42. The predicted molar refractivity (Wildman–Crippen MR) is 262 cm³/mol. The number of rotatable bonds is 18. The van der Waals surface area contributed by atoms with Crippen molar-refractivity contribution in [3.63, 3.8) is 0 Å². The van der Waals surface area contributed by atoms with E-state index in [1.54, 1.807) is 0 Å². The molecule has 9 rings (SSSR count). The van der Waals surface area contributed by atoms with Gasteiger partial charge < -0.3 is 30.0 Å². The van der Waals surface area contributed by atoms with E-state index in [-0.39, 0.29) is 12.5 Å². The van der Waals surface area contributed by atoms with Gasteiger partial charge in [0.25, 0.3) is 0 Å². The molecule has 2 atom stereocenters. The number of hydrogen-bond acceptors (Lipinski definition) is 6. The molecule has 1 aliphatic rings. The van der Waals surface area contributed by atoms with E-state index in [0.29, 0.717) is 0 Å². The van der Waals surface area contributed by atoms with E-state index in [9.17, 15) is 19.5 Å². The maximum atomic E-state index is 14.9. The van der Waals surface area contributed by atoms with Gasteiger partial charge in [-0.25, -0.2) is 9.59 Å². The SMILES string of the molecule is O=C(N[C@@H](COC(c1ccccc1)(c1ccccc1)c1ccccc1)C(=O)N[C@@H](COC(c1ccccc1)(c1ccccc1)c1ccccc1)C(=O)O)OCC1c2ccccc2-c2ccccc21. The minimum atomic E-state index is -1.58. The van der Waals surface area contributed by atoms with Gasteiger partial charge in [-0.2, -0.15) is 0 Å². The second kappa shape index (κ2) is 20.6. The largest absolute Gasteiger partial charge is 0.480 e. The third-order valence-corrected chi connectivity index (χ3v) is 12.6. The summed E-state index contributed by atoms with van der Waals surface area (Å²) in [5.41, 5.74) is 6.24. The summed E-state index contributed by atoms with van der Waals surface area (Å²) in [5, 5.41) is 16.3. The Morgan fingerprint density at radius 1 is 0.426 bits per heavy atom. The topological polar surface area (TPSA) is 123 Å². The average molecular weight is 899 g/mol.